The smallest absolute Gasteiger partial charge is 0.226 e. The molecule has 2 rings (SSSR count). The first-order valence-corrected chi connectivity index (χ1v) is 9.51. The highest BCUT2D eigenvalue weighted by molar-refractivity contribution is 5.92. The number of anilines is 1. The molecule has 1 N–H and O–H groups in total. The van der Waals surface area contributed by atoms with E-state index in [-0.39, 0.29) is 11.8 Å². The number of amides is 1. The molecule has 0 bridgehead atoms. The Kier molecular flexibility index (Phi) is 7.14. The fraction of sp³-hybridized carbons (Fsp3) is 0.667. The van der Waals surface area contributed by atoms with E-state index in [0.717, 1.165) is 11.6 Å². The van der Waals surface area contributed by atoms with Crippen molar-refractivity contribution in [2.45, 2.75) is 78.1 Å². The fourth-order valence-corrected chi connectivity index (χ4v) is 3.59. The van der Waals surface area contributed by atoms with Crippen LogP contribution in [-0.4, -0.2) is 5.91 Å². The second kappa shape index (κ2) is 9.10. The SMILES string of the molecule is CCCCCC1CCC(c2ccc(NC(=O)C(C)C)cc2)CC1. The molecule has 1 aliphatic carbocycles. The lowest BCUT2D eigenvalue weighted by atomic mass is 9.77. The van der Waals surface area contributed by atoms with Gasteiger partial charge in [-0.05, 0) is 55.2 Å². The first kappa shape index (κ1) is 18.0. The molecule has 2 heteroatoms. The van der Waals surface area contributed by atoms with Crippen molar-refractivity contribution in [2.24, 2.45) is 11.8 Å². The van der Waals surface area contributed by atoms with Crippen molar-refractivity contribution in [2.75, 3.05) is 5.32 Å². The van der Waals surface area contributed by atoms with Crippen molar-refractivity contribution in [1.29, 1.82) is 0 Å². The largest absolute Gasteiger partial charge is 0.326 e. The molecule has 2 nitrogen and oxygen atoms in total. The van der Waals surface area contributed by atoms with Crippen molar-refractivity contribution >= 4 is 11.6 Å². The molecule has 0 spiro atoms. The molecular weight excluding hydrogens is 282 g/mol. The van der Waals surface area contributed by atoms with Crippen LogP contribution in [0.25, 0.3) is 0 Å². The summed E-state index contributed by atoms with van der Waals surface area (Å²) in [6.07, 6.45) is 11.0. The molecule has 0 radical (unpaired) electrons. The van der Waals surface area contributed by atoms with E-state index in [4.69, 9.17) is 0 Å². The predicted molar refractivity (Wildman–Crippen MR) is 98.8 cm³/mol. The van der Waals surface area contributed by atoms with Gasteiger partial charge in [0.15, 0.2) is 0 Å². The van der Waals surface area contributed by atoms with Gasteiger partial charge in [-0.25, -0.2) is 0 Å². The molecule has 1 fully saturated rings. The van der Waals surface area contributed by atoms with Crippen LogP contribution in [0, 0.1) is 11.8 Å². The van der Waals surface area contributed by atoms with Gasteiger partial charge in [-0.15, -0.1) is 0 Å². The zero-order chi connectivity index (χ0) is 16.7. The molecule has 1 aromatic rings. The Morgan fingerprint density at radius 3 is 2.30 bits per heavy atom. The third kappa shape index (κ3) is 5.67. The number of hydrogen-bond acceptors (Lipinski definition) is 1. The van der Waals surface area contributed by atoms with E-state index in [1.165, 1.54) is 56.9 Å². The molecule has 0 unspecified atom stereocenters. The summed E-state index contributed by atoms with van der Waals surface area (Å²) in [5, 5.41) is 2.97. The maximum absolute atomic E-state index is 11.7. The van der Waals surface area contributed by atoms with E-state index in [0.29, 0.717) is 5.92 Å². The van der Waals surface area contributed by atoms with Gasteiger partial charge in [0.25, 0.3) is 0 Å². The number of carbonyl (C=O) groups is 1. The fourth-order valence-electron chi connectivity index (χ4n) is 3.59. The van der Waals surface area contributed by atoms with Crippen LogP contribution in [0.2, 0.25) is 0 Å². The van der Waals surface area contributed by atoms with Crippen molar-refractivity contribution in [1.82, 2.24) is 0 Å². The van der Waals surface area contributed by atoms with Crippen LogP contribution in [0.1, 0.15) is 83.6 Å². The molecule has 0 aliphatic heterocycles. The van der Waals surface area contributed by atoms with Crippen LogP contribution < -0.4 is 5.32 Å². The molecule has 1 saturated carbocycles. The summed E-state index contributed by atoms with van der Waals surface area (Å²) in [5.41, 5.74) is 2.36. The minimum atomic E-state index is 0.0256. The number of nitrogens with one attached hydrogen (secondary N) is 1. The molecule has 128 valence electrons. The summed E-state index contributed by atoms with van der Waals surface area (Å²) in [7, 11) is 0. The average molecular weight is 316 g/mol. The van der Waals surface area contributed by atoms with Crippen LogP contribution in [0.15, 0.2) is 24.3 Å². The molecule has 0 aromatic heterocycles. The van der Waals surface area contributed by atoms with Gasteiger partial charge >= 0.3 is 0 Å². The predicted octanol–water partition coefficient (Wildman–Crippen LogP) is 6.14. The Morgan fingerprint density at radius 1 is 1.09 bits per heavy atom. The summed E-state index contributed by atoms with van der Waals surface area (Å²) in [6.45, 7) is 6.12. The zero-order valence-corrected chi connectivity index (χ0v) is 15.1. The normalized spacial score (nSPS) is 21.4. The maximum atomic E-state index is 11.7. The van der Waals surface area contributed by atoms with Crippen LogP contribution in [0.5, 0.6) is 0 Å². The molecule has 1 aromatic carbocycles. The van der Waals surface area contributed by atoms with Crippen LogP contribution in [0.3, 0.4) is 0 Å². The zero-order valence-electron chi connectivity index (χ0n) is 15.1. The van der Waals surface area contributed by atoms with E-state index in [2.05, 4.69) is 36.5 Å². The Balaban J connectivity index is 1.81. The summed E-state index contributed by atoms with van der Waals surface area (Å²) >= 11 is 0. The molecular formula is C21H33NO. The number of carbonyl (C=O) groups excluding carboxylic acids is 1. The third-order valence-electron chi connectivity index (χ3n) is 5.24. The summed E-state index contributed by atoms with van der Waals surface area (Å²) in [5.74, 6) is 1.79. The van der Waals surface area contributed by atoms with Gasteiger partial charge in [0.1, 0.15) is 0 Å². The molecule has 1 amide bonds. The lowest BCUT2D eigenvalue weighted by molar-refractivity contribution is -0.118. The first-order valence-electron chi connectivity index (χ1n) is 9.51. The number of hydrogen-bond donors (Lipinski definition) is 1. The van der Waals surface area contributed by atoms with E-state index in [1.54, 1.807) is 0 Å². The summed E-state index contributed by atoms with van der Waals surface area (Å²) < 4.78 is 0. The van der Waals surface area contributed by atoms with Gasteiger partial charge in [-0.2, -0.15) is 0 Å². The highest BCUT2D eigenvalue weighted by atomic mass is 16.1. The van der Waals surface area contributed by atoms with E-state index >= 15 is 0 Å². The third-order valence-corrected chi connectivity index (χ3v) is 5.24. The molecule has 0 saturated heterocycles. The summed E-state index contributed by atoms with van der Waals surface area (Å²) in [4.78, 5) is 11.7. The van der Waals surface area contributed by atoms with Gasteiger partial charge in [0, 0.05) is 11.6 Å². The minimum Gasteiger partial charge on any atom is -0.326 e. The molecule has 0 atom stereocenters. The highest BCUT2D eigenvalue weighted by Crippen LogP contribution is 2.38. The van der Waals surface area contributed by atoms with Gasteiger partial charge in [-0.3, -0.25) is 4.79 Å². The standard InChI is InChI=1S/C21H33NO/c1-4-5-6-7-17-8-10-18(11-9-17)19-12-14-20(15-13-19)22-21(23)16(2)3/h12-18H,4-11H2,1-3H3,(H,22,23). The van der Waals surface area contributed by atoms with Crippen molar-refractivity contribution in [3.05, 3.63) is 29.8 Å². The van der Waals surface area contributed by atoms with Crippen LogP contribution in [-0.2, 0) is 4.79 Å². The van der Waals surface area contributed by atoms with Gasteiger partial charge < -0.3 is 5.32 Å². The topological polar surface area (TPSA) is 29.1 Å². The van der Waals surface area contributed by atoms with Crippen LogP contribution >= 0.6 is 0 Å². The monoisotopic (exact) mass is 315 g/mol. The maximum Gasteiger partial charge on any atom is 0.226 e. The van der Waals surface area contributed by atoms with Crippen molar-refractivity contribution in [3.8, 4) is 0 Å². The molecule has 1 aliphatic rings. The second-order valence-electron chi connectivity index (χ2n) is 7.48. The van der Waals surface area contributed by atoms with Gasteiger partial charge in [0.05, 0.1) is 0 Å². The molecule has 0 heterocycles. The lowest BCUT2D eigenvalue weighted by Gasteiger charge is -2.29. The number of benzene rings is 1. The Bertz CT molecular complexity index is 469. The highest BCUT2D eigenvalue weighted by Gasteiger charge is 2.22. The number of rotatable bonds is 7. The van der Waals surface area contributed by atoms with Crippen LogP contribution in [0.4, 0.5) is 5.69 Å². The minimum absolute atomic E-state index is 0.0256. The second-order valence-corrected chi connectivity index (χ2v) is 7.48. The van der Waals surface area contributed by atoms with E-state index in [1.807, 2.05) is 13.8 Å². The Labute approximate surface area is 142 Å². The quantitative estimate of drug-likeness (QED) is 0.602. The number of unbranched alkanes of at least 4 members (excludes halogenated alkanes) is 2. The summed E-state index contributed by atoms with van der Waals surface area (Å²) in [6, 6.07) is 8.53. The Morgan fingerprint density at radius 2 is 1.74 bits per heavy atom. The lowest BCUT2D eigenvalue weighted by Crippen LogP contribution is -2.17. The Hall–Kier alpha value is -1.31. The van der Waals surface area contributed by atoms with Crippen molar-refractivity contribution < 1.29 is 4.79 Å². The van der Waals surface area contributed by atoms with Gasteiger partial charge in [-0.1, -0.05) is 58.6 Å². The van der Waals surface area contributed by atoms with Gasteiger partial charge in [0.2, 0.25) is 5.91 Å². The molecule has 23 heavy (non-hydrogen) atoms. The van der Waals surface area contributed by atoms with E-state index < -0.39 is 0 Å². The van der Waals surface area contributed by atoms with E-state index in [9.17, 15) is 4.79 Å². The first-order chi connectivity index (χ1) is 11.1. The van der Waals surface area contributed by atoms with Crippen molar-refractivity contribution in [3.63, 3.8) is 0 Å². The average Bonchev–Trinajstić information content (AvgIpc) is 2.56.